The lowest BCUT2D eigenvalue weighted by Gasteiger charge is -2.28. The second kappa shape index (κ2) is 10.5. The molecule has 1 aliphatic heterocycles. The first kappa shape index (κ1) is 21.5. The third kappa shape index (κ3) is 6.72. The third-order valence-corrected chi connectivity index (χ3v) is 3.82. The minimum Gasteiger partial charge on any atom is -0.493 e. The minimum absolute atomic E-state index is 0. The lowest BCUT2D eigenvalue weighted by atomic mass is 10.0. The van der Waals surface area contributed by atoms with E-state index in [1.54, 1.807) is 19.0 Å². The molecule has 25 heavy (non-hydrogen) atoms. The van der Waals surface area contributed by atoms with E-state index in [2.05, 4.69) is 35.5 Å². The lowest BCUT2D eigenvalue weighted by molar-refractivity contribution is -0.127. The average molecular weight is 460 g/mol. The molecule has 1 aromatic carbocycles. The number of likely N-dealkylation sites (N-methyl/N-ethyl adjacent to an activating group) is 1. The number of rotatable bonds is 5. The maximum Gasteiger partial charge on any atom is 0.243 e. The molecule has 2 N–H and O–H groups in total. The lowest BCUT2D eigenvalue weighted by Crippen LogP contribution is -2.43. The number of nitrogens with zero attached hydrogens (tertiary/aromatic N) is 2. The molecule has 0 fully saturated rings. The molecular weight excluding hydrogens is 431 g/mol. The van der Waals surface area contributed by atoms with Crippen molar-refractivity contribution >= 4 is 35.8 Å². The number of carbonyl (C=O) groups excluding carboxylic acids is 1. The van der Waals surface area contributed by atoms with Crippen molar-refractivity contribution in [2.24, 2.45) is 10.9 Å². The van der Waals surface area contributed by atoms with Crippen LogP contribution in [0.2, 0.25) is 0 Å². The van der Waals surface area contributed by atoms with Crippen molar-refractivity contribution in [1.29, 1.82) is 0 Å². The van der Waals surface area contributed by atoms with Crippen molar-refractivity contribution in [2.75, 3.05) is 33.8 Å². The maximum absolute atomic E-state index is 11.8. The molecule has 6 nitrogen and oxygen atoms in total. The molecule has 0 radical (unpaired) electrons. The number of fused-ring (bicyclic) bond motifs is 1. The Kier molecular flexibility index (Phi) is 9.02. The third-order valence-electron chi connectivity index (χ3n) is 3.82. The second-order valence-electron chi connectivity index (χ2n) is 6.60. The Morgan fingerprint density at radius 2 is 2.08 bits per heavy atom. The Bertz CT molecular complexity index is 590. The number of benzene rings is 1. The molecule has 2 rings (SSSR count). The zero-order valence-electron chi connectivity index (χ0n) is 15.4. The van der Waals surface area contributed by atoms with Gasteiger partial charge in [-0.15, -0.1) is 24.0 Å². The summed E-state index contributed by atoms with van der Waals surface area (Å²) in [6, 6.07) is 8.16. The zero-order valence-corrected chi connectivity index (χ0v) is 17.7. The van der Waals surface area contributed by atoms with Crippen LogP contribution in [0.3, 0.4) is 0 Å². The molecule has 7 heteroatoms. The molecule has 0 aliphatic carbocycles. The Morgan fingerprint density at radius 3 is 2.76 bits per heavy atom. The molecule has 1 heterocycles. The van der Waals surface area contributed by atoms with E-state index in [1.165, 1.54) is 0 Å². The van der Waals surface area contributed by atoms with Gasteiger partial charge in [-0.2, -0.15) is 0 Å². The summed E-state index contributed by atoms with van der Waals surface area (Å²) in [5.74, 6) is 2.05. The Balaban J connectivity index is 0.00000312. The van der Waals surface area contributed by atoms with Gasteiger partial charge in [0.05, 0.1) is 12.6 Å². The topological polar surface area (TPSA) is 66.0 Å². The van der Waals surface area contributed by atoms with Crippen LogP contribution in [0, 0.1) is 5.92 Å². The molecule has 1 aliphatic rings. The van der Waals surface area contributed by atoms with E-state index < -0.39 is 0 Å². The van der Waals surface area contributed by atoms with Crippen LogP contribution in [-0.4, -0.2) is 50.6 Å². The molecule has 0 bridgehead atoms. The van der Waals surface area contributed by atoms with E-state index >= 15 is 0 Å². The van der Waals surface area contributed by atoms with Crippen LogP contribution in [0.25, 0.3) is 0 Å². The first-order valence-electron chi connectivity index (χ1n) is 8.44. The second-order valence-corrected chi connectivity index (χ2v) is 6.60. The number of halogens is 1. The summed E-state index contributed by atoms with van der Waals surface area (Å²) in [6.45, 7) is 5.87. The van der Waals surface area contributed by atoms with Crippen molar-refractivity contribution < 1.29 is 9.53 Å². The number of nitrogens with one attached hydrogen (secondary N) is 2. The summed E-state index contributed by atoms with van der Waals surface area (Å²) in [6.07, 6.45) is 0.862. The fourth-order valence-corrected chi connectivity index (χ4v) is 2.40. The van der Waals surface area contributed by atoms with Gasteiger partial charge in [0.1, 0.15) is 12.3 Å². The van der Waals surface area contributed by atoms with E-state index in [1.807, 2.05) is 18.2 Å². The molecule has 1 atom stereocenters. The largest absolute Gasteiger partial charge is 0.493 e. The highest BCUT2D eigenvalue weighted by Crippen LogP contribution is 2.31. The summed E-state index contributed by atoms with van der Waals surface area (Å²) in [5, 5.41) is 6.77. The van der Waals surface area contributed by atoms with Gasteiger partial charge in [-0.3, -0.25) is 4.79 Å². The first-order valence-corrected chi connectivity index (χ1v) is 8.44. The van der Waals surface area contributed by atoms with E-state index in [0.29, 0.717) is 18.5 Å². The molecule has 140 valence electrons. The van der Waals surface area contributed by atoms with E-state index in [4.69, 9.17) is 4.74 Å². The van der Waals surface area contributed by atoms with E-state index in [-0.39, 0.29) is 42.5 Å². The Hall–Kier alpha value is -1.51. The molecular formula is C18H29IN4O2. The van der Waals surface area contributed by atoms with Crippen molar-refractivity contribution in [3.8, 4) is 5.75 Å². The van der Waals surface area contributed by atoms with E-state index in [9.17, 15) is 4.79 Å². The quantitative estimate of drug-likeness (QED) is 0.403. The normalized spacial score (nSPS) is 16.4. The Morgan fingerprint density at radius 1 is 1.36 bits per heavy atom. The van der Waals surface area contributed by atoms with Crippen molar-refractivity contribution in [2.45, 2.75) is 26.3 Å². The summed E-state index contributed by atoms with van der Waals surface area (Å²) in [5.41, 5.74) is 1.13. The molecule has 0 aromatic heterocycles. The highest BCUT2D eigenvalue weighted by molar-refractivity contribution is 14.0. The van der Waals surface area contributed by atoms with Gasteiger partial charge < -0.3 is 20.3 Å². The van der Waals surface area contributed by atoms with Crippen molar-refractivity contribution in [3.63, 3.8) is 0 Å². The number of guanidine groups is 1. The standard InChI is InChI=1S/C18H28N4O2.HI/c1-13(2)11-19-18(20-12-17(23)22(3)4)21-15-9-10-24-16-8-6-5-7-14(15)16;/h5-8,13,15H,9-12H2,1-4H3,(H2,19,20,21);1H. The summed E-state index contributed by atoms with van der Waals surface area (Å²) in [4.78, 5) is 17.8. The SMILES string of the molecule is CC(C)CNC(=NCC(=O)N(C)C)NC1CCOc2ccccc21.I. The smallest absolute Gasteiger partial charge is 0.243 e. The van der Waals surface area contributed by atoms with Gasteiger partial charge in [-0.25, -0.2) is 4.99 Å². The molecule has 0 saturated heterocycles. The Labute approximate surface area is 167 Å². The molecule has 1 unspecified atom stereocenters. The fourth-order valence-electron chi connectivity index (χ4n) is 2.40. The van der Waals surface area contributed by atoms with Gasteiger partial charge in [-0.1, -0.05) is 32.0 Å². The van der Waals surface area contributed by atoms with Crippen LogP contribution >= 0.6 is 24.0 Å². The van der Waals surface area contributed by atoms with Crippen LogP contribution in [0.5, 0.6) is 5.75 Å². The maximum atomic E-state index is 11.8. The van der Waals surface area contributed by atoms with Crippen LogP contribution in [0.15, 0.2) is 29.3 Å². The average Bonchev–Trinajstić information content (AvgIpc) is 2.57. The number of para-hydroxylation sites is 1. The van der Waals surface area contributed by atoms with Gasteiger partial charge in [0.2, 0.25) is 5.91 Å². The number of amides is 1. The molecule has 1 amide bonds. The predicted molar refractivity (Wildman–Crippen MR) is 112 cm³/mol. The molecule has 0 spiro atoms. The van der Waals surface area contributed by atoms with E-state index in [0.717, 1.165) is 24.3 Å². The fraction of sp³-hybridized carbons (Fsp3) is 0.556. The monoisotopic (exact) mass is 460 g/mol. The van der Waals surface area contributed by atoms with Crippen molar-refractivity contribution in [3.05, 3.63) is 29.8 Å². The van der Waals surface area contributed by atoms with Crippen LogP contribution in [0.4, 0.5) is 0 Å². The van der Waals surface area contributed by atoms with Gasteiger partial charge in [0.15, 0.2) is 5.96 Å². The highest BCUT2D eigenvalue weighted by Gasteiger charge is 2.22. The predicted octanol–water partition coefficient (Wildman–Crippen LogP) is 2.41. The minimum atomic E-state index is -0.0203. The number of hydrogen-bond acceptors (Lipinski definition) is 3. The highest BCUT2D eigenvalue weighted by atomic mass is 127. The van der Waals surface area contributed by atoms with Crippen LogP contribution < -0.4 is 15.4 Å². The number of carbonyl (C=O) groups is 1. The van der Waals surface area contributed by atoms with Gasteiger partial charge in [-0.05, 0) is 12.0 Å². The summed E-state index contributed by atoms with van der Waals surface area (Å²) >= 11 is 0. The van der Waals surface area contributed by atoms with Gasteiger partial charge >= 0.3 is 0 Å². The molecule has 0 saturated carbocycles. The number of hydrogen-bond donors (Lipinski definition) is 2. The van der Waals surface area contributed by atoms with Gasteiger partial charge in [0, 0.05) is 32.6 Å². The number of ether oxygens (including phenoxy) is 1. The van der Waals surface area contributed by atoms with Gasteiger partial charge in [0.25, 0.3) is 0 Å². The number of aliphatic imine (C=N–C) groups is 1. The van der Waals surface area contributed by atoms with Crippen LogP contribution in [0.1, 0.15) is 31.9 Å². The summed E-state index contributed by atoms with van der Waals surface area (Å²) < 4.78 is 5.70. The molecule has 1 aromatic rings. The van der Waals surface area contributed by atoms with Crippen LogP contribution in [-0.2, 0) is 4.79 Å². The first-order chi connectivity index (χ1) is 11.5. The summed E-state index contributed by atoms with van der Waals surface area (Å²) in [7, 11) is 3.47. The zero-order chi connectivity index (χ0) is 17.5. The van der Waals surface area contributed by atoms with Crippen molar-refractivity contribution in [1.82, 2.24) is 15.5 Å².